The van der Waals surface area contributed by atoms with Gasteiger partial charge in [0.05, 0.1) is 11.4 Å². The molecule has 64 heavy (non-hydrogen) atoms. The number of fused-ring (bicyclic) bond motifs is 2. The predicted molar refractivity (Wildman–Crippen MR) is 273 cm³/mol. The molecule has 0 fully saturated rings. The summed E-state index contributed by atoms with van der Waals surface area (Å²) < 4.78 is 0. The van der Waals surface area contributed by atoms with Crippen LogP contribution in [-0.2, 0) is 0 Å². The molecule has 0 aliphatic rings. The van der Waals surface area contributed by atoms with E-state index in [0.29, 0.717) is 0 Å². The van der Waals surface area contributed by atoms with Crippen LogP contribution < -0.4 is 9.80 Å². The monoisotopic (exact) mass is 816 g/mol. The molecule has 0 aliphatic heterocycles. The highest BCUT2D eigenvalue weighted by molar-refractivity contribution is 6.23. The highest BCUT2D eigenvalue weighted by Crippen LogP contribution is 2.52. The van der Waals surface area contributed by atoms with Crippen molar-refractivity contribution in [3.63, 3.8) is 0 Å². The van der Waals surface area contributed by atoms with Crippen LogP contribution in [0.15, 0.2) is 267 Å². The summed E-state index contributed by atoms with van der Waals surface area (Å²) >= 11 is 0. The number of nitrogens with zero attached hydrogens (tertiary/aromatic N) is 2. The third kappa shape index (κ3) is 7.38. The van der Waals surface area contributed by atoms with Gasteiger partial charge in [0.25, 0.3) is 0 Å². The molecule has 11 rings (SSSR count). The summed E-state index contributed by atoms with van der Waals surface area (Å²) in [5.74, 6) is 0. The highest BCUT2D eigenvalue weighted by Gasteiger charge is 2.26. The Bertz CT molecular complexity index is 2950. The average molecular weight is 817 g/mol. The molecule has 0 N–H and O–H groups in total. The van der Waals surface area contributed by atoms with Gasteiger partial charge in [0, 0.05) is 44.3 Å². The molecule has 2 heteroatoms. The second kappa shape index (κ2) is 17.1. The number of anilines is 6. The molecule has 0 atom stereocenters. The number of benzene rings is 11. The fraction of sp³-hybridized carbons (Fsp3) is 0. The predicted octanol–water partition coefficient (Wildman–Crippen LogP) is 17.6. The van der Waals surface area contributed by atoms with Gasteiger partial charge in [-0.3, -0.25) is 0 Å². The molecule has 2 nitrogen and oxygen atoms in total. The van der Waals surface area contributed by atoms with Gasteiger partial charge in [0.1, 0.15) is 0 Å². The van der Waals surface area contributed by atoms with E-state index in [9.17, 15) is 0 Å². The summed E-state index contributed by atoms with van der Waals surface area (Å²) in [4.78, 5) is 4.95. The molecular weight excluding hydrogens is 773 g/mol. The van der Waals surface area contributed by atoms with Crippen molar-refractivity contribution in [3.8, 4) is 44.5 Å². The third-order valence-electron chi connectivity index (χ3n) is 12.1. The van der Waals surface area contributed by atoms with Crippen molar-refractivity contribution in [2.75, 3.05) is 9.80 Å². The normalized spacial score (nSPS) is 11.1. The fourth-order valence-corrected chi connectivity index (χ4v) is 9.20. The Morgan fingerprint density at radius 2 is 0.391 bits per heavy atom. The van der Waals surface area contributed by atoms with Crippen molar-refractivity contribution < 1.29 is 0 Å². The van der Waals surface area contributed by atoms with E-state index in [1.165, 1.54) is 22.3 Å². The first-order valence-electron chi connectivity index (χ1n) is 21.9. The molecule has 0 spiro atoms. The summed E-state index contributed by atoms with van der Waals surface area (Å²) in [6.45, 7) is 0. The number of hydrogen-bond donors (Lipinski definition) is 0. The van der Waals surface area contributed by atoms with E-state index in [-0.39, 0.29) is 0 Å². The third-order valence-corrected chi connectivity index (χ3v) is 12.1. The largest absolute Gasteiger partial charge is 0.309 e. The minimum Gasteiger partial charge on any atom is -0.309 e. The maximum Gasteiger partial charge on any atom is 0.0619 e. The second-order valence-electron chi connectivity index (χ2n) is 16.1. The Labute approximate surface area is 375 Å². The van der Waals surface area contributed by atoms with Gasteiger partial charge < -0.3 is 9.80 Å². The Morgan fingerprint density at radius 3 is 0.641 bits per heavy atom. The van der Waals surface area contributed by atoms with Crippen molar-refractivity contribution >= 4 is 55.7 Å². The molecule has 0 unspecified atom stereocenters. The van der Waals surface area contributed by atoms with Gasteiger partial charge >= 0.3 is 0 Å². The van der Waals surface area contributed by atoms with Crippen LogP contribution in [0.2, 0.25) is 0 Å². The lowest BCUT2D eigenvalue weighted by atomic mass is 9.93. The van der Waals surface area contributed by atoms with E-state index < -0.39 is 0 Å². The van der Waals surface area contributed by atoms with Crippen molar-refractivity contribution in [2.24, 2.45) is 0 Å². The molecule has 11 aromatic rings. The first-order valence-corrected chi connectivity index (χ1v) is 21.9. The summed E-state index contributed by atoms with van der Waals surface area (Å²) in [6, 6.07) is 96.6. The van der Waals surface area contributed by atoms with Crippen LogP contribution in [0.25, 0.3) is 66.1 Å². The molecule has 0 bridgehead atoms. The van der Waals surface area contributed by atoms with Crippen molar-refractivity contribution in [1.29, 1.82) is 0 Å². The maximum atomic E-state index is 2.48. The second-order valence-corrected chi connectivity index (χ2v) is 16.1. The molecular formula is C62H44N2. The zero-order chi connectivity index (χ0) is 42.7. The molecule has 0 radical (unpaired) electrons. The van der Waals surface area contributed by atoms with Crippen LogP contribution in [0.5, 0.6) is 0 Å². The van der Waals surface area contributed by atoms with Crippen molar-refractivity contribution in [3.05, 3.63) is 267 Å². The fourth-order valence-electron chi connectivity index (χ4n) is 9.20. The van der Waals surface area contributed by atoms with Gasteiger partial charge in [0.2, 0.25) is 0 Å². The van der Waals surface area contributed by atoms with Crippen LogP contribution in [0.4, 0.5) is 34.1 Å². The lowest BCUT2D eigenvalue weighted by molar-refractivity contribution is 1.29. The van der Waals surface area contributed by atoms with Gasteiger partial charge in [-0.15, -0.1) is 0 Å². The average Bonchev–Trinajstić information content (AvgIpc) is 3.38. The van der Waals surface area contributed by atoms with Crippen LogP contribution in [0.3, 0.4) is 0 Å². The van der Waals surface area contributed by atoms with Crippen LogP contribution >= 0.6 is 0 Å². The Hall–Kier alpha value is -8.46. The van der Waals surface area contributed by atoms with Crippen molar-refractivity contribution in [1.82, 2.24) is 0 Å². The number of hydrogen-bond acceptors (Lipinski definition) is 2. The lowest BCUT2D eigenvalue weighted by Gasteiger charge is -2.33. The summed E-state index contributed by atoms with van der Waals surface area (Å²) in [6.07, 6.45) is 0. The summed E-state index contributed by atoms with van der Waals surface area (Å²) in [5.41, 5.74) is 15.9. The molecule has 11 aromatic carbocycles. The van der Waals surface area contributed by atoms with E-state index in [4.69, 9.17) is 0 Å². The number of rotatable bonds is 10. The SMILES string of the molecule is c1ccc(-c2cc(-c3ccccc3)cc(N(c3ccccc3)c3c4ccccc4c(N(c4ccccc4)c4cc(-c5ccccc5)cc(-c5ccccc5)c4)c4ccccc34)c2)cc1. The topological polar surface area (TPSA) is 6.48 Å². The lowest BCUT2D eigenvalue weighted by Crippen LogP contribution is -2.15. The van der Waals surface area contributed by atoms with Crippen LogP contribution in [0, 0.1) is 0 Å². The minimum atomic E-state index is 1.08. The van der Waals surface area contributed by atoms with E-state index in [1.54, 1.807) is 0 Å². The van der Waals surface area contributed by atoms with Gasteiger partial charge in [-0.25, -0.2) is 0 Å². The molecule has 0 saturated heterocycles. The van der Waals surface area contributed by atoms with E-state index in [0.717, 1.165) is 77.9 Å². The van der Waals surface area contributed by atoms with Crippen LogP contribution in [0.1, 0.15) is 0 Å². The molecule has 302 valence electrons. The summed E-state index contributed by atoms with van der Waals surface area (Å²) in [7, 11) is 0. The van der Waals surface area contributed by atoms with Gasteiger partial charge in [-0.2, -0.15) is 0 Å². The Morgan fingerprint density at radius 1 is 0.172 bits per heavy atom. The molecule has 0 heterocycles. The van der Waals surface area contributed by atoms with Crippen molar-refractivity contribution in [2.45, 2.75) is 0 Å². The van der Waals surface area contributed by atoms with Gasteiger partial charge in [-0.05, 0) is 105 Å². The number of para-hydroxylation sites is 2. The van der Waals surface area contributed by atoms with E-state index >= 15 is 0 Å². The highest BCUT2D eigenvalue weighted by atomic mass is 15.2. The van der Waals surface area contributed by atoms with Crippen LogP contribution in [-0.4, -0.2) is 0 Å². The Balaban J connectivity index is 1.22. The molecule has 0 aromatic heterocycles. The maximum absolute atomic E-state index is 2.48. The standard InChI is InChI=1S/C62H44N2/c1-7-23-45(24-8-1)49-39-50(46-25-9-2-10-26-46)42-55(41-49)63(53-31-15-5-16-32-53)61-57-35-19-21-37-59(57)62(60-38-22-20-36-58(60)61)64(54-33-17-6-18-34-54)56-43-51(47-27-11-3-12-28-47)40-52(44-56)48-29-13-4-14-30-48/h1-44H. The smallest absolute Gasteiger partial charge is 0.0619 e. The van der Waals surface area contributed by atoms with Gasteiger partial charge in [-0.1, -0.05) is 206 Å². The zero-order valence-corrected chi connectivity index (χ0v) is 35.3. The quantitative estimate of drug-likeness (QED) is 0.100. The molecule has 0 aliphatic carbocycles. The molecule has 0 saturated carbocycles. The van der Waals surface area contributed by atoms with E-state index in [2.05, 4.69) is 277 Å². The van der Waals surface area contributed by atoms with Gasteiger partial charge in [0.15, 0.2) is 0 Å². The summed E-state index contributed by atoms with van der Waals surface area (Å²) in [5, 5.41) is 4.59. The first kappa shape index (κ1) is 38.5. The first-order chi connectivity index (χ1) is 31.8. The van der Waals surface area contributed by atoms with E-state index in [1.807, 2.05) is 0 Å². The zero-order valence-electron chi connectivity index (χ0n) is 35.3. The molecule has 0 amide bonds. The minimum absolute atomic E-state index is 1.08. The Kier molecular flexibility index (Phi) is 10.3.